The Morgan fingerprint density at radius 1 is 1.09 bits per heavy atom. The highest BCUT2D eigenvalue weighted by Gasteiger charge is 2.46. The molecule has 8 nitrogen and oxygen atoms in total. The zero-order chi connectivity index (χ0) is 22.8. The number of carbonyl (C=O) groups excluding carboxylic acids is 2. The van der Waals surface area contributed by atoms with Crippen molar-refractivity contribution in [3.05, 3.63) is 23.8 Å². The van der Waals surface area contributed by atoms with Crippen molar-refractivity contribution in [2.24, 2.45) is 5.92 Å². The summed E-state index contributed by atoms with van der Waals surface area (Å²) >= 11 is 0. The predicted molar refractivity (Wildman–Crippen MR) is 121 cm³/mol. The Labute approximate surface area is 194 Å². The normalized spacial score (nSPS) is 29.7. The van der Waals surface area contributed by atoms with E-state index in [2.05, 4.69) is 10.6 Å². The lowest BCUT2D eigenvalue weighted by Crippen LogP contribution is -2.47. The van der Waals surface area contributed by atoms with Crippen molar-refractivity contribution in [2.75, 3.05) is 25.1 Å². The second-order valence-electron chi connectivity index (χ2n) is 9.79. The van der Waals surface area contributed by atoms with E-state index >= 15 is 0 Å². The quantitative estimate of drug-likeness (QED) is 0.605. The van der Waals surface area contributed by atoms with Crippen LogP contribution in [0.15, 0.2) is 18.2 Å². The fraction of sp³-hybridized carbons (Fsp3) is 0.680. The van der Waals surface area contributed by atoms with E-state index in [1.807, 2.05) is 18.2 Å². The number of benzene rings is 1. The number of aliphatic hydroxyl groups excluding tert-OH is 1. The molecule has 2 saturated heterocycles. The highest BCUT2D eigenvalue weighted by molar-refractivity contribution is 5.92. The Kier molecular flexibility index (Phi) is 6.85. The van der Waals surface area contributed by atoms with Gasteiger partial charge in [0, 0.05) is 42.3 Å². The van der Waals surface area contributed by atoms with Crippen LogP contribution in [-0.4, -0.2) is 61.1 Å². The summed E-state index contributed by atoms with van der Waals surface area (Å²) in [5.41, 5.74) is 1.75. The van der Waals surface area contributed by atoms with Gasteiger partial charge in [0.1, 0.15) is 18.0 Å². The van der Waals surface area contributed by atoms with E-state index in [0.29, 0.717) is 19.6 Å². The number of amides is 2. The van der Waals surface area contributed by atoms with E-state index in [9.17, 15) is 14.7 Å². The lowest BCUT2D eigenvalue weighted by Gasteiger charge is -2.37. The number of hydrogen-bond donors (Lipinski definition) is 3. The minimum Gasteiger partial charge on any atom is -0.487 e. The average Bonchev–Trinajstić information content (AvgIpc) is 3.46. The first-order valence-corrected chi connectivity index (χ1v) is 12.4. The molecule has 3 N–H and O–H groups in total. The Hall–Kier alpha value is -2.16. The predicted octanol–water partition coefficient (Wildman–Crippen LogP) is 2.50. The van der Waals surface area contributed by atoms with Crippen LogP contribution in [0.1, 0.15) is 62.8 Å². The molecule has 1 aromatic rings. The minimum absolute atomic E-state index is 0.00936. The summed E-state index contributed by atoms with van der Waals surface area (Å²) in [4.78, 5) is 25.3. The summed E-state index contributed by atoms with van der Waals surface area (Å²) in [5.74, 6) is 0.775. The van der Waals surface area contributed by atoms with Gasteiger partial charge >= 0.3 is 0 Å². The molecule has 8 heteroatoms. The maximum atomic E-state index is 12.7. The third kappa shape index (κ3) is 5.03. The first-order valence-electron chi connectivity index (χ1n) is 12.4. The average molecular weight is 459 g/mol. The molecule has 3 heterocycles. The lowest BCUT2D eigenvalue weighted by molar-refractivity contribution is -0.142. The van der Waals surface area contributed by atoms with Gasteiger partial charge in [0.05, 0.1) is 19.1 Å². The minimum atomic E-state index is -0.485. The number of aliphatic hydroxyl groups is 1. The van der Waals surface area contributed by atoms with Crippen LogP contribution in [0.25, 0.3) is 0 Å². The molecule has 4 atom stereocenters. The Balaban J connectivity index is 1.26. The highest BCUT2D eigenvalue weighted by atomic mass is 16.6. The van der Waals surface area contributed by atoms with Crippen LogP contribution < -0.4 is 15.4 Å². The van der Waals surface area contributed by atoms with Crippen LogP contribution in [0.5, 0.6) is 5.75 Å². The summed E-state index contributed by atoms with van der Waals surface area (Å²) in [7, 11) is 0. The van der Waals surface area contributed by atoms with Gasteiger partial charge < -0.3 is 30.0 Å². The van der Waals surface area contributed by atoms with E-state index in [4.69, 9.17) is 14.2 Å². The molecule has 1 aromatic carbocycles. The maximum absolute atomic E-state index is 12.7. The second-order valence-corrected chi connectivity index (χ2v) is 9.79. The van der Waals surface area contributed by atoms with Crippen molar-refractivity contribution >= 4 is 17.5 Å². The summed E-state index contributed by atoms with van der Waals surface area (Å²) in [6, 6.07) is 5.99. The van der Waals surface area contributed by atoms with Crippen molar-refractivity contribution in [3.63, 3.8) is 0 Å². The van der Waals surface area contributed by atoms with E-state index in [-0.39, 0.29) is 54.9 Å². The van der Waals surface area contributed by atoms with Gasteiger partial charge in [-0.1, -0.05) is 12.8 Å². The van der Waals surface area contributed by atoms with Crippen LogP contribution >= 0.6 is 0 Å². The standard InChI is InChI=1S/C25H34N2O6/c28-14-22-24-20(12-18(32-22)13-23(29)26-16-3-1-2-4-16)19-11-17(5-6-21(19)33-24)27-25(30)15-7-9-31-10-8-15/h5-6,11,15-16,18,20,22,24,28H,1-4,7-10,12-14H2,(H,26,29)(H,27,30)/t18-,20-,22+,24+/m1/s1. The molecule has 2 amide bonds. The molecule has 5 rings (SSSR count). The zero-order valence-corrected chi connectivity index (χ0v) is 19.0. The van der Waals surface area contributed by atoms with Gasteiger partial charge in [-0.15, -0.1) is 0 Å². The molecule has 4 aliphatic rings. The number of anilines is 1. The number of rotatable bonds is 6. The molecule has 1 aliphatic carbocycles. The summed E-state index contributed by atoms with van der Waals surface area (Å²) in [6.07, 6.45) is 5.78. The molecular weight excluding hydrogens is 424 g/mol. The van der Waals surface area contributed by atoms with Crippen molar-refractivity contribution < 1.29 is 28.9 Å². The molecular formula is C25H34N2O6. The molecule has 0 aromatic heterocycles. The van der Waals surface area contributed by atoms with E-state index < -0.39 is 6.10 Å². The number of ether oxygens (including phenoxy) is 3. The van der Waals surface area contributed by atoms with Crippen molar-refractivity contribution in [2.45, 2.75) is 81.6 Å². The molecule has 33 heavy (non-hydrogen) atoms. The molecule has 1 saturated carbocycles. The van der Waals surface area contributed by atoms with Crippen LogP contribution in [0.4, 0.5) is 5.69 Å². The number of nitrogens with one attached hydrogen (secondary N) is 2. The third-order valence-electron chi connectivity index (χ3n) is 7.49. The lowest BCUT2D eigenvalue weighted by atomic mass is 9.84. The van der Waals surface area contributed by atoms with Gasteiger partial charge in [0.2, 0.25) is 11.8 Å². The van der Waals surface area contributed by atoms with E-state index in [0.717, 1.165) is 42.7 Å². The fourth-order valence-electron chi connectivity index (χ4n) is 5.73. The smallest absolute Gasteiger partial charge is 0.227 e. The molecule has 0 unspecified atom stereocenters. The largest absolute Gasteiger partial charge is 0.487 e. The fourth-order valence-corrected chi connectivity index (χ4v) is 5.73. The SMILES string of the molecule is O=C(C[C@H]1C[C@@H]2c3cc(NC(=O)C4CCOCC4)ccc3O[C@@H]2[C@H](CO)O1)NC1CCCC1. The van der Waals surface area contributed by atoms with Crippen LogP contribution in [-0.2, 0) is 19.1 Å². The topological polar surface area (TPSA) is 106 Å². The Morgan fingerprint density at radius 3 is 2.64 bits per heavy atom. The molecule has 0 radical (unpaired) electrons. The summed E-state index contributed by atoms with van der Waals surface area (Å²) in [6.45, 7) is 1.08. The third-order valence-corrected chi connectivity index (χ3v) is 7.49. The number of carbonyl (C=O) groups is 2. The monoisotopic (exact) mass is 458 g/mol. The molecule has 3 aliphatic heterocycles. The molecule has 0 bridgehead atoms. The first-order chi connectivity index (χ1) is 16.1. The van der Waals surface area contributed by atoms with Crippen molar-refractivity contribution in [1.29, 1.82) is 0 Å². The van der Waals surface area contributed by atoms with Crippen LogP contribution in [0, 0.1) is 5.92 Å². The van der Waals surface area contributed by atoms with Gasteiger partial charge in [0.15, 0.2) is 0 Å². The van der Waals surface area contributed by atoms with Crippen molar-refractivity contribution in [3.8, 4) is 5.75 Å². The number of hydrogen-bond acceptors (Lipinski definition) is 6. The summed E-state index contributed by atoms with van der Waals surface area (Å²) in [5, 5.41) is 16.1. The second kappa shape index (κ2) is 9.99. The molecule has 3 fully saturated rings. The van der Waals surface area contributed by atoms with Gasteiger partial charge in [-0.05, 0) is 50.3 Å². The van der Waals surface area contributed by atoms with Crippen LogP contribution in [0.3, 0.4) is 0 Å². The zero-order valence-electron chi connectivity index (χ0n) is 19.0. The maximum Gasteiger partial charge on any atom is 0.227 e. The van der Waals surface area contributed by atoms with E-state index in [1.54, 1.807) is 0 Å². The molecule has 180 valence electrons. The number of fused-ring (bicyclic) bond motifs is 3. The Morgan fingerprint density at radius 2 is 1.88 bits per heavy atom. The van der Waals surface area contributed by atoms with Crippen LogP contribution in [0.2, 0.25) is 0 Å². The van der Waals surface area contributed by atoms with Crippen molar-refractivity contribution in [1.82, 2.24) is 5.32 Å². The van der Waals surface area contributed by atoms with Gasteiger partial charge in [-0.2, -0.15) is 0 Å². The molecule has 0 spiro atoms. The highest BCUT2D eigenvalue weighted by Crippen LogP contribution is 2.47. The van der Waals surface area contributed by atoms with E-state index in [1.165, 1.54) is 12.8 Å². The summed E-state index contributed by atoms with van der Waals surface area (Å²) < 4.78 is 17.6. The van der Waals surface area contributed by atoms with Gasteiger partial charge in [-0.25, -0.2) is 0 Å². The first kappa shape index (κ1) is 22.6. The van der Waals surface area contributed by atoms with Gasteiger partial charge in [-0.3, -0.25) is 9.59 Å². The Bertz CT molecular complexity index is 864. The van der Waals surface area contributed by atoms with Gasteiger partial charge in [0.25, 0.3) is 0 Å².